The molecule has 6 heteroatoms. The van der Waals surface area contributed by atoms with Gasteiger partial charge < -0.3 is 19.5 Å². The molecule has 1 aliphatic carbocycles. The quantitative estimate of drug-likeness (QED) is 0.839. The predicted molar refractivity (Wildman–Crippen MR) is 93.8 cm³/mol. The van der Waals surface area contributed by atoms with Crippen LogP contribution in [0.5, 0.6) is 5.75 Å². The highest BCUT2D eigenvalue weighted by Gasteiger charge is 2.26. The van der Waals surface area contributed by atoms with Crippen molar-refractivity contribution in [2.75, 3.05) is 7.11 Å². The molecule has 0 unspecified atom stereocenters. The van der Waals surface area contributed by atoms with E-state index in [9.17, 15) is 9.59 Å². The molecular weight excluding hydrogens is 322 g/mol. The minimum Gasteiger partial charge on any atom is -0.497 e. The molecule has 0 aromatic heterocycles. The second kappa shape index (κ2) is 8.23. The van der Waals surface area contributed by atoms with Gasteiger partial charge in [0.1, 0.15) is 17.5 Å². The van der Waals surface area contributed by atoms with Gasteiger partial charge in [-0.25, -0.2) is 9.59 Å². The Balaban J connectivity index is 1.76. The lowest BCUT2D eigenvalue weighted by Gasteiger charge is -2.29. The normalized spacial score (nSPS) is 20.5. The number of ether oxygens (including phenoxy) is 3. The van der Waals surface area contributed by atoms with Gasteiger partial charge in [0, 0.05) is 6.04 Å². The van der Waals surface area contributed by atoms with E-state index in [1.165, 1.54) is 0 Å². The largest absolute Gasteiger partial charge is 0.497 e. The summed E-state index contributed by atoms with van der Waals surface area (Å²) in [5.74, 6) is 0.372. The van der Waals surface area contributed by atoms with Crippen LogP contribution in [0.25, 0.3) is 0 Å². The number of hydrogen-bond donors (Lipinski definition) is 1. The number of esters is 1. The van der Waals surface area contributed by atoms with Crippen molar-refractivity contribution in [2.24, 2.45) is 0 Å². The van der Waals surface area contributed by atoms with E-state index < -0.39 is 11.7 Å². The molecule has 0 radical (unpaired) electrons. The van der Waals surface area contributed by atoms with Crippen molar-refractivity contribution >= 4 is 12.1 Å². The molecule has 1 N–H and O–H groups in total. The maximum Gasteiger partial charge on any atom is 0.407 e. The van der Waals surface area contributed by atoms with Crippen LogP contribution in [0.4, 0.5) is 4.79 Å². The number of methoxy groups -OCH3 is 1. The maximum absolute atomic E-state index is 12.2. The number of rotatable bonds is 4. The molecule has 0 atom stereocenters. The molecule has 138 valence electrons. The molecule has 1 fully saturated rings. The van der Waals surface area contributed by atoms with Crippen molar-refractivity contribution in [3.05, 3.63) is 29.8 Å². The van der Waals surface area contributed by atoms with Crippen LogP contribution in [0, 0.1) is 0 Å². The first-order valence-electron chi connectivity index (χ1n) is 8.61. The van der Waals surface area contributed by atoms with Gasteiger partial charge in [0.05, 0.1) is 12.7 Å². The van der Waals surface area contributed by atoms with Crippen LogP contribution in [-0.2, 0) is 9.47 Å². The second-order valence-corrected chi connectivity index (χ2v) is 7.25. The Morgan fingerprint density at radius 1 is 1.04 bits per heavy atom. The molecule has 1 aliphatic rings. The van der Waals surface area contributed by atoms with E-state index in [1.54, 1.807) is 31.4 Å². The molecule has 0 heterocycles. The van der Waals surface area contributed by atoms with Crippen molar-refractivity contribution < 1.29 is 23.8 Å². The van der Waals surface area contributed by atoms with Gasteiger partial charge in [0.15, 0.2) is 0 Å². The summed E-state index contributed by atoms with van der Waals surface area (Å²) in [5, 5.41) is 2.88. The van der Waals surface area contributed by atoms with E-state index >= 15 is 0 Å². The standard InChI is InChI=1S/C19H27NO5/c1-19(2,3)25-18(22)20-14-7-11-16(12-8-14)24-17(21)13-5-9-15(23-4)10-6-13/h5-6,9-10,14,16H,7-8,11-12H2,1-4H3,(H,20,22)/t14-,16+. The lowest BCUT2D eigenvalue weighted by Crippen LogP contribution is -2.42. The topological polar surface area (TPSA) is 73.9 Å². The Hall–Kier alpha value is -2.24. The van der Waals surface area contributed by atoms with Crippen molar-refractivity contribution in [3.63, 3.8) is 0 Å². The summed E-state index contributed by atoms with van der Waals surface area (Å²) in [7, 11) is 1.58. The van der Waals surface area contributed by atoms with Crippen molar-refractivity contribution in [2.45, 2.75) is 64.2 Å². The third-order valence-corrected chi connectivity index (χ3v) is 3.99. The first-order valence-corrected chi connectivity index (χ1v) is 8.61. The summed E-state index contributed by atoms with van der Waals surface area (Å²) < 4.78 is 15.9. The average Bonchev–Trinajstić information content (AvgIpc) is 2.55. The molecule has 1 aromatic rings. The van der Waals surface area contributed by atoms with Crippen LogP contribution in [-0.4, -0.2) is 36.9 Å². The van der Waals surface area contributed by atoms with Gasteiger partial charge >= 0.3 is 12.1 Å². The molecule has 0 aliphatic heterocycles. The number of benzene rings is 1. The number of alkyl carbamates (subject to hydrolysis) is 1. The van der Waals surface area contributed by atoms with Gasteiger partial charge in [-0.2, -0.15) is 0 Å². The lowest BCUT2D eigenvalue weighted by atomic mass is 9.93. The van der Waals surface area contributed by atoms with E-state index in [-0.39, 0.29) is 18.1 Å². The van der Waals surface area contributed by atoms with Crippen LogP contribution in [0.15, 0.2) is 24.3 Å². The molecule has 2 rings (SSSR count). The van der Waals surface area contributed by atoms with Crippen LogP contribution in [0.1, 0.15) is 56.8 Å². The average molecular weight is 349 g/mol. The van der Waals surface area contributed by atoms with Gasteiger partial charge in [-0.3, -0.25) is 0 Å². The fourth-order valence-corrected chi connectivity index (χ4v) is 2.75. The fourth-order valence-electron chi connectivity index (χ4n) is 2.75. The van der Waals surface area contributed by atoms with Crippen LogP contribution < -0.4 is 10.1 Å². The summed E-state index contributed by atoms with van der Waals surface area (Å²) in [6.45, 7) is 5.51. The molecule has 0 bridgehead atoms. The number of nitrogens with one attached hydrogen (secondary N) is 1. The second-order valence-electron chi connectivity index (χ2n) is 7.25. The zero-order valence-corrected chi connectivity index (χ0v) is 15.3. The number of amides is 1. The van der Waals surface area contributed by atoms with Gasteiger partial charge in [-0.1, -0.05) is 0 Å². The number of carbonyl (C=O) groups is 2. The zero-order chi connectivity index (χ0) is 18.4. The Morgan fingerprint density at radius 2 is 1.64 bits per heavy atom. The van der Waals surface area contributed by atoms with E-state index in [4.69, 9.17) is 14.2 Å². The Morgan fingerprint density at radius 3 is 2.16 bits per heavy atom. The first kappa shape index (κ1) is 19.1. The summed E-state index contributed by atoms with van der Waals surface area (Å²) in [5.41, 5.74) is 0.00430. The van der Waals surface area contributed by atoms with E-state index in [1.807, 2.05) is 20.8 Å². The highest BCUT2D eigenvalue weighted by Crippen LogP contribution is 2.23. The first-order chi connectivity index (χ1) is 11.8. The molecule has 0 spiro atoms. The molecule has 0 saturated heterocycles. The number of carbonyl (C=O) groups excluding carboxylic acids is 2. The zero-order valence-electron chi connectivity index (χ0n) is 15.3. The Labute approximate surface area is 148 Å². The fraction of sp³-hybridized carbons (Fsp3) is 0.579. The lowest BCUT2D eigenvalue weighted by molar-refractivity contribution is 0.0162. The summed E-state index contributed by atoms with van der Waals surface area (Å²) in [6, 6.07) is 6.91. The summed E-state index contributed by atoms with van der Waals surface area (Å²) >= 11 is 0. The van der Waals surface area contributed by atoms with E-state index in [2.05, 4.69) is 5.32 Å². The van der Waals surface area contributed by atoms with E-state index in [0.29, 0.717) is 11.3 Å². The van der Waals surface area contributed by atoms with Gasteiger partial charge in [0.2, 0.25) is 0 Å². The maximum atomic E-state index is 12.2. The molecule has 1 amide bonds. The van der Waals surface area contributed by atoms with Crippen molar-refractivity contribution in [3.8, 4) is 5.75 Å². The van der Waals surface area contributed by atoms with Crippen LogP contribution >= 0.6 is 0 Å². The minimum atomic E-state index is -0.505. The summed E-state index contributed by atoms with van der Waals surface area (Å²) in [4.78, 5) is 24.0. The minimum absolute atomic E-state index is 0.0609. The molecule has 25 heavy (non-hydrogen) atoms. The monoisotopic (exact) mass is 349 g/mol. The Kier molecular flexibility index (Phi) is 6.28. The van der Waals surface area contributed by atoms with Gasteiger partial charge in [-0.05, 0) is 70.7 Å². The third-order valence-electron chi connectivity index (χ3n) is 3.99. The highest BCUT2D eigenvalue weighted by atomic mass is 16.6. The van der Waals surface area contributed by atoms with Gasteiger partial charge in [0.25, 0.3) is 0 Å². The molecular formula is C19H27NO5. The Bertz CT molecular complexity index is 583. The molecule has 6 nitrogen and oxygen atoms in total. The smallest absolute Gasteiger partial charge is 0.407 e. The number of hydrogen-bond acceptors (Lipinski definition) is 5. The highest BCUT2D eigenvalue weighted by molar-refractivity contribution is 5.89. The third kappa shape index (κ3) is 6.29. The summed E-state index contributed by atoms with van der Waals surface area (Å²) in [6.07, 6.45) is 2.46. The predicted octanol–water partition coefficient (Wildman–Crippen LogP) is 3.69. The van der Waals surface area contributed by atoms with E-state index in [0.717, 1.165) is 25.7 Å². The molecule has 1 saturated carbocycles. The van der Waals surface area contributed by atoms with Crippen LogP contribution in [0.3, 0.4) is 0 Å². The SMILES string of the molecule is COc1ccc(C(=O)O[C@H]2CC[C@@H](NC(=O)OC(C)(C)C)CC2)cc1. The molecule has 1 aromatic carbocycles. The van der Waals surface area contributed by atoms with Crippen molar-refractivity contribution in [1.29, 1.82) is 0 Å². The van der Waals surface area contributed by atoms with Gasteiger partial charge in [-0.15, -0.1) is 0 Å². The van der Waals surface area contributed by atoms with Crippen LogP contribution in [0.2, 0.25) is 0 Å². The van der Waals surface area contributed by atoms with Crippen molar-refractivity contribution in [1.82, 2.24) is 5.32 Å².